The van der Waals surface area contributed by atoms with E-state index in [-0.39, 0.29) is 0 Å². The first-order valence-corrected chi connectivity index (χ1v) is 19.1. The van der Waals surface area contributed by atoms with Gasteiger partial charge in [0.05, 0.1) is 16.7 Å². The molecule has 0 bridgehead atoms. The molecule has 0 N–H and O–H groups in total. The number of anilines is 3. The van der Waals surface area contributed by atoms with Crippen LogP contribution in [0.15, 0.2) is 224 Å². The zero-order valence-electron chi connectivity index (χ0n) is 30.7. The van der Waals surface area contributed by atoms with Crippen molar-refractivity contribution in [3.63, 3.8) is 0 Å². The summed E-state index contributed by atoms with van der Waals surface area (Å²) >= 11 is 0. The minimum absolute atomic E-state index is 0.928. The van der Waals surface area contributed by atoms with E-state index in [0.717, 1.165) is 50.7 Å². The maximum Gasteiger partial charge on any atom is 0.145 e. The van der Waals surface area contributed by atoms with Crippen molar-refractivity contribution in [3.8, 4) is 50.5 Å². The smallest absolute Gasteiger partial charge is 0.145 e. The van der Waals surface area contributed by atoms with Crippen LogP contribution in [0.25, 0.3) is 72.3 Å². The topological polar surface area (TPSA) is 21.1 Å². The van der Waals surface area contributed by atoms with Gasteiger partial charge in [-0.2, -0.15) is 0 Å². The van der Waals surface area contributed by atoms with Crippen LogP contribution in [0.5, 0.6) is 0 Å². The molecule has 0 radical (unpaired) electrons. The van der Waals surface area contributed by atoms with Crippen LogP contribution in [-0.4, -0.2) is 9.55 Å². The molecule has 3 heteroatoms. The molecular formula is C53H37N3. The summed E-state index contributed by atoms with van der Waals surface area (Å²) in [7, 11) is 0. The molecule has 0 saturated carbocycles. The first-order chi connectivity index (χ1) is 27.8. The van der Waals surface area contributed by atoms with E-state index >= 15 is 0 Å². The van der Waals surface area contributed by atoms with Gasteiger partial charge in [-0.1, -0.05) is 170 Å². The van der Waals surface area contributed by atoms with E-state index in [0.29, 0.717) is 0 Å². The lowest BCUT2D eigenvalue weighted by atomic mass is 9.89. The van der Waals surface area contributed by atoms with Crippen LogP contribution in [-0.2, 0) is 0 Å². The largest absolute Gasteiger partial charge is 0.310 e. The van der Waals surface area contributed by atoms with E-state index < -0.39 is 0 Å². The number of rotatable bonds is 8. The van der Waals surface area contributed by atoms with Gasteiger partial charge in [-0.25, -0.2) is 4.98 Å². The average Bonchev–Trinajstić information content (AvgIpc) is 3.67. The third-order valence-corrected chi connectivity index (χ3v) is 10.6. The van der Waals surface area contributed by atoms with Gasteiger partial charge in [0.1, 0.15) is 5.82 Å². The summed E-state index contributed by atoms with van der Waals surface area (Å²) in [6.07, 6.45) is 0. The molecule has 0 aliphatic heterocycles. The predicted molar refractivity (Wildman–Crippen MR) is 235 cm³/mol. The number of hydrogen-bond donors (Lipinski definition) is 0. The van der Waals surface area contributed by atoms with Crippen LogP contribution in [0, 0.1) is 0 Å². The molecule has 0 aliphatic carbocycles. The molecule has 0 atom stereocenters. The first kappa shape index (κ1) is 33.1. The number of fused-ring (bicyclic) bond motifs is 2. The second kappa shape index (κ2) is 14.4. The summed E-state index contributed by atoms with van der Waals surface area (Å²) in [6, 6.07) is 79.9. The van der Waals surface area contributed by atoms with Crippen molar-refractivity contribution >= 4 is 38.9 Å². The van der Waals surface area contributed by atoms with Gasteiger partial charge in [0, 0.05) is 28.0 Å². The highest BCUT2D eigenvalue weighted by Gasteiger charge is 2.18. The maximum atomic E-state index is 5.10. The standard InChI is InChI=1S/C53H37N3/c1-3-18-42(19-4-1)55(51-29-15-17-38-16-7-8-24-47(38)51)44-36-34-40(35-37-44)46-23-10-12-26-49(46)48-25-11-9-22-45(48)39-30-32-41(33-31-39)53-54-50-27-13-14-28-52(50)56(53)43-20-5-2-6-21-43/h1-37H. The normalized spacial score (nSPS) is 11.2. The van der Waals surface area contributed by atoms with Crippen molar-refractivity contribution in [1.82, 2.24) is 9.55 Å². The molecule has 0 saturated heterocycles. The molecule has 9 aromatic carbocycles. The van der Waals surface area contributed by atoms with Gasteiger partial charge in [-0.3, -0.25) is 4.57 Å². The monoisotopic (exact) mass is 715 g/mol. The van der Waals surface area contributed by atoms with E-state index in [1.807, 2.05) is 6.07 Å². The van der Waals surface area contributed by atoms with Crippen LogP contribution in [0.1, 0.15) is 0 Å². The Hall–Kier alpha value is -7.49. The minimum Gasteiger partial charge on any atom is -0.310 e. The fraction of sp³-hybridized carbons (Fsp3) is 0. The highest BCUT2D eigenvalue weighted by atomic mass is 15.1. The van der Waals surface area contributed by atoms with Gasteiger partial charge in [0.2, 0.25) is 0 Å². The predicted octanol–water partition coefficient (Wildman–Crippen LogP) is 14.3. The second-order valence-electron chi connectivity index (χ2n) is 14.0. The third kappa shape index (κ3) is 6.02. The van der Waals surface area contributed by atoms with E-state index in [1.165, 1.54) is 38.6 Å². The Morgan fingerprint density at radius 1 is 0.357 bits per heavy atom. The lowest BCUT2D eigenvalue weighted by molar-refractivity contribution is 1.10. The third-order valence-electron chi connectivity index (χ3n) is 10.6. The summed E-state index contributed by atoms with van der Waals surface area (Å²) < 4.78 is 2.25. The molecule has 264 valence electrons. The lowest BCUT2D eigenvalue weighted by Gasteiger charge is -2.27. The second-order valence-corrected chi connectivity index (χ2v) is 14.0. The summed E-state index contributed by atoms with van der Waals surface area (Å²) in [4.78, 5) is 7.45. The fourth-order valence-corrected chi connectivity index (χ4v) is 7.99. The molecule has 10 aromatic rings. The van der Waals surface area contributed by atoms with Crippen molar-refractivity contribution in [2.24, 2.45) is 0 Å². The zero-order valence-corrected chi connectivity index (χ0v) is 30.7. The Kier molecular flexibility index (Phi) is 8.51. The highest BCUT2D eigenvalue weighted by Crippen LogP contribution is 2.42. The summed E-state index contributed by atoms with van der Waals surface area (Å²) in [5, 5.41) is 2.43. The number of imidazole rings is 1. The Morgan fingerprint density at radius 2 is 0.857 bits per heavy atom. The zero-order chi connectivity index (χ0) is 37.3. The van der Waals surface area contributed by atoms with Gasteiger partial charge in [0.25, 0.3) is 0 Å². The Balaban J connectivity index is 1.02. The van der Waals surface area contributed by atoms with Gasteiger partial charge in [0.15, 0.2) is 0 Å². The van der Waals surface area contributed by atoms with E-state index in [4.69, 9.17) is 4.98 Å². The molecule has 0 spiro atoms. The van der Waals surface area contributed by atoms with Crippen LogP contribution in [0.3, 0.4) is 0 Å². The molecule has 0 aliphatic rings. The molecule has 0 unspecified atom stereocenters. The molecule has 0 amide bonds. The molecule has 1 heterocycles. The van der Waals surface area contributed by atoms with Crippen LogP contribution in [0.2, 0.25) is 0 Å². The number of nitrogens with zero attached hydrogens (tertiary/aromatic N) is 3. The van der Waals surface area contributed by atoms with Crippen molar-refractivity contribution in [3.05, 3.63) is 224 Å². The van der Waals surface area contributed by atoms with Crippen molar-refractivity contribution < 1.29 is 0 Å². The lowest BCUT2D eigenvalue weighted by Crippen LogP contribution is -2.10. The van der Waals surface area contributed by atoms with Crippen molar-refractivity contribution in [1.29, 1.82) is 0 Å². The van der Waals surface area contributed by atoms with Crippen molar-refractivity contribution in [2.45, 2.75) is 0 Å². The van der Waals surface area contributed by atoms with Gasteiger partial charge in [-0.15, -0.1) is 0 Å². The molecular weight excluding hydrogens is 679 g/mol. The molecule has 10 rings (SSSR count). The van der Waals surface area contributed by atoms with Crippen LogP contribution in [0.4, 0.5) is 17.1 Å². The van der Waals surface area contributed by atoms with Gasteiger partial charge in [-0.05, 0) is 93.4 Å². The van der Waals surface area contributed by atoms with Gasteiger partial charge < -0.3 is 4.90 Å². The number of hydrogen-bond acceptors (Lipinski definition) is 2. The van der Waals surface area contributed by atoms with Crippen LogP contribution >= 0.6 is 0 Å². The number of aromatic nitrogens is 2. The van der Waals surface area contributed by atoms with E-state index in [9.17, 15) is 0 Å². The molecule has 3 nitrogen and oxygen atoms in total. The maximum absolute atomic E-state index is 5.10. The summed E-state index contributed by atoms with van der Waals surface area (Å²) in [5.41, 5.74) is 14.7. The number of para-hydroxylation sites is 4. The summed E-state index contributed by atoms with van der Waals surface area (Å²) in [5.74, 6) is 0.928. The van der Waals surface area contributed by atoms with Crippen LogP contribution < -0.4 is 4.90 Å². The Labute approximate surface area is 327 Å². The van der Waals surface area contributed by atoms with E-state index in [2.05, 4.69) is 228 Å². The molecule has 1 aromatic heterocycles. The first-order valence-electron chi connectivity index (χ1n) is 19.1. The average molecular weight is 716 g/mol. The Bertz CT molecular complexity index is 2940. The fourth-order valence-electron chi connectivity index (χ4n) is 7.99. The quantitative estimate of drug-likeness (QED) is 0.156. The van der Waals surface area contributed by atoms with Gasteiger partial charge >= 0.3 is 0 Å². The number of benzene rings is 9. The molecule has 56 heavy (non-hydrogen) atoms. The highest BCUT2D eigenvalue weighted by molar-refractivity contribution is 5.99. The molecule has 0 fully saturated rings. The van der Waals surface area contributed by atoms with Crippen molar-refractivity contribution in [2.75, 3.05) is 4.90 Å². The van der Waals surface area contributed by atoms with E-state index in [1.54, 1.807) is 0 Å². The summed E-state index contributed by atoms with van der Waals surface area (Å²) in [6.45, 7) is 0. The minimum atomic E-state index is 0.928. The Morgan fingerprint density at radius 3 is 1.55 bits per heavy atom. The SMILES string of the molecule is c1ccc(N(c2ccc(-c3ccccc3-c3ccccc3-c3ccc(-c4nc5ccccc5n4-c4ccccc4)cc3)cc2)c2cccc3ccccc23)cc1.